The minimum atomic E-state index is -0.656. The molecule has 184 valence electrons. The largest absolute Gasteiger partial charge is 0.481 e. The number of rotatable bonds is 19. The Kier molecular flexibility index (Phi) is 24.7. The number of hydrogen-bond acceptors (Lipinski definition) is 3. The topological polar surface area (TPSA) is 52.6 Å². The van der Waals surface area contributed by atoms with Gasteiger partial charge in [0.25, 0.3) is 0 Å². The summed E-state index contributed by atoms with van der Waals surface area (Å²) in [7, 11) is 2.15. The monoisotopic (exact) mass is 438 g/mol. The number of nitrogens with one attached hydrogen (secondary N) is 1. The fourth-order valence-corrected chi connectivity index (χ4v) is 3.83. The second-order valence-electron chi connectivity index (χ2n) is 9.20. The van der Waals surface area contributed by atoms with E-state index in [0.717, 1.165) is 25.9 Å². The van der Waals surface area contributed by atoms with Gasteiger partial charge in [0, 0.05) is 32.6 Å². The van der Waals surface area contributed by atoms with Crippen LogP contribution in [0.2, 0.25) is 0 Å². The summed E-state index contributed by atoms with van der Waals surface area (Å²) in [4.78, 5) is 12.7. The first-order valence-corrected chi connectivity index (χ1v) is 13.4. The number of carboxylic acids is 1. The number of hydrogen-bond donors (Lipinski definition) is 2. The van der Waals surface area contributed by atoms with Crippen LogP contribution >= 0.6 is 0 Å². The van der Waals surface area contributed by atoms with Crippen molar-refractivity contribution in [3.63, 3.8) is 0 Å². The molecular formula is C27H54N2O2. The highest BCUT2D eigenvalue weighted by atomic mass is 16.4. The Hall–Kier alpha value is -0.870. The zero-order chi connectivity index (χ0) is 22.8. The average molecular weight is 439 g/mol. The van der Waals surface area contributed by atoms with Crippen molar-refractivity contribution < 1.29 is 9.90 Å². The summed E-state index contributed by atoms with van der Waals surface area (Å²) in [6, 6.07) is 0. The smallest absolute Gasteiger partial charge is 0.303 e. The van der Waals surface area contributed by atoms with Crippen LogP contribution in [0.5, 0.6) is 0 Å². The van der Waals surface area contributed by atoms with Gasteiger partial charge in [-0.2, -0.15) is 0 Å². The van der Waals surface area contributed by atoms with Crippen LogP contribution in [-0.2, 0) is 4.79 Å². The first kappa shape index (κ1) is 30.1. The van der Waals surface area contributed by atoms with E-state index in [2.05, 4.69) is 36.3 Å². The highest BCUT2D eigenvalue weighted by Gasteiger charge is 2.01. The maximum atomic E-state index is 10.4. The molecule has 0 radical (unpaired) electrons. The molecule has 0 bridgehead atoms. The van der Waals surface area contributed by atoms with Crippen LogP contribution < -0.4 is 5.32 Å². The zero-order valence-corrected chi connectivity index (χ0v) is 21.0. The van der Waals surface area contributed by atoms with E-state index in [1.807, 2.05) is 0 Å². The van der Waals surface area contributed by atoms with Crippen molar-refractivity contribution in [1.82, 2.24) is 10.2 Å². The summed E-state index contributed by atoms with van der Waals surface area (Å²) >= 11 is 0. The molecule has 1 aliphatic rings. The molecule has 0 spiro atoms. The van der Waals surface area contributed by atoms with Crippen LogP contribution in [0.15, 0.2) is 12.2 Å². The summed E-state index contributed by atoms with van der Waals surface area (Å²) in [6.45, 7) is 7.01. The Balaban J connectivity index is 0.00000107. The normalized spacial score (nSPS) is 14.5. The zero-order valence-electron chi connectivity index (χ0n) is 21.0. The number of nitrogens with zero attached hydrogens (tertiary/aromatic N) is 1. The Morgan fingerprint density at radius 3 is 1.55 bits per heavy atom. The quantitative estimate of drug-likeness (QED) is 0.165. The Bertz CT molecular complexity index is 393. The van der Waals surface area contributed by atoms with Gasteiger partial charge >= 0.3 is 5.97 Å². The van der Waals surface area contributed by atoms with E-state index in [1.54, 1.807) is 0 Å². The van der Waals surface area contributed by atoms with Crippen molar-refractivity contribution >= 4 is 5.97 Å². The number of carboxylic acid groups (broad SMARTS) is 1. The molecular weight excluding hydrogens is 384 g/mol. The molecule has 0 atom stereocenters. The molecule has 4 nitrogen and oxygen atoms in total. The number of unbranched alkanes of at least 4 members (excludes halogenated alkanes) is 15. The predicted molar refractivity (Wildman–Crippen MR) is 136 cm³/mol. The van der Waals surface area contributed by atoms with Crippen LogP contribution in [0.25, 0.3) is 0 Å². The molecule has 1 aliphatic heterocycles. The van der Waals surface area contributed by atoms with Gasteiger partial charge in [0.05, 0.1) is 0 Å². The molecule has 0 aromatic rings. The van der Waals surface area contributed by atoms with Gasteiger partial charge in [-0.05, 0) is 39.2 Å². The minimum Gasteiger partial charge on any atom is -0.481 e. The van der Waals surface area contributed by atoms with Gasteiger partial charge in [0.2, 0.25) is 0 Å². The molecule has 31 heavy (non-hydrogen) atoms. The summed E-state index contributed by atoms with van der Waals surface area (Å²) in [6.07, 6.45) is 27.1. The SMILES string of the molecule is CCCCCCCC/C=C\CCCCCCCCCCCC(=O)O.CN1CCNCC1. The highest BCUT2D eigenvalue weighted by molar-refractivity contribution is 5.66. The Labute approximate surface area is 194 Å². The van der Waals surface area contributed by atoms with Crippen molar-refractivity contribution in [2.24, 2.45) is 0 Å². The molecule has 0 aromatic carbocycles. The molecule has 0 saturated carbocycles. The lowest BCUT2D eigenvalue weighted by Gasteiger charge is -2.21. The lowest BCUT2D eigenvalue weighted by Crippen LogP contribution is -2.40. The van der Waals surface area contributed by atoms with E-state index in [1.165, 1.54) is 109 Å². The fourth-order valence-electron chi connectivity index (χ4n) is 3.83. The first-order valence-electron chi connectivity index (χ1n) is 13.4. The van der Waals surface area contributed by atoms with E-state index in [-0.39, 0.29) is 0 Å². The summed E-state index contributed by atoms with van der Waals surface area (Å²) in [5, 5.41) is 11.8. The molecule has 1 saturated heterocycles. The Morgan fingerprint density at radius 1 is 0.742 bits per heavy atom. The molecule has 2 N–H and O–H groups in total. The van der Waals surface area contributed by atoms with Gasteiger partial charge in [-0.25, -0.2) is 0 Å². The van der Waals surface area contributed by atoms with Gasteiger partial charge in [0.1, 0.15) is 0 Å². The molecule has 1 fully saturated rings. The van der Waals surface area contributed by atoms with E-state index >= 15 is 0 Å². The number of piperazine rings is 1. The van der Waals surface area contributed by atoms with Gasteiger partial charge < -0.3 is 15.3 Å². The van der Waals surface area contributed by atoms with Gasteiger partial charge in [0.15, 0.2) is 0 Å². The minimum absolute atomic E-state index is 0.340. The number of carbonyl (C=O) groups is 1. The molecule has 1 rings (SSSR count). The predicted octanol–water partition coefficient (Wildman–Crippen LogP) is 7.19. The summed E-state index contributed by atoms with van der Waals surface area (Å²) in [5.41, 5.74) is 0. The highest BCUT2D eigenvalue weighted by Crippen LogP contribution is 2.12. The van der Waals surface area contributed by atoms with Crippen LogP contribution in [0.4, 0.5) is 0 Å². The van der Waals surface area contributed by atoms with Crippen molar-refractivity contribution in [3.8, 4) is 0 Å². The second kappa shape index (κ2) is 25.4. The average Bonchev–Trinajstić information content (AvgIpc) is 2.76. The van der Waals surface area contributed by atoms with Crippen LogP contribution in [0, 0.1) is 0 Å². The number of likely N-dealkylation sites (N-methyl/N-ethyl adjacent to an activating group) is 1. The number of allylic oxidation sites excluding steroid dienone is 2. The lowest BCUT2D eigenvalue weighted by atomic mass is 10.1. The third-order valence-electron chi connectivity index (χ3n) is 5.99. The van der Waals surface area contributed by atoms with Crippen molar-refractivity contribution in [2.75, 3.05) is 33.2 Å². The fraction of sp³-hybridized carbons (Fsp3) is 0.889. The molecule has 1 heterocycles. The van der Waals surface area contributed by atoms with Gasteiger partial charge in [-0.3, -0.25) is 4.79 Å². The molecule has 0 unspecified atom stereocenters. The maximum Gasteiger partial charge on any atom is 0.303 e. The van der Waals surface area contributed by atoms with Crippen LogP contribution in [0.1, 0.15) is 122 Å². The van der Waals surface area contributed by atoms with Crippen LogP contribution in [0.3, 0.4) is 0 Å². The Morgan fingerprint density at radius 2 is 1.16 bits per heavy atom. The molecule has 0 aromatic heterocycles. The third kappa shape index (κ3) is 27.1. The van der Waals surface area contributed by atoms with Crippen molar-refractivity contribution in [1.29, 1.82) is 0 Å². The van der Waals surface area contributed by atoms with Gasteiger partial charge in [-0.15, -0.1) is 0 Å². The van der Waals surface area contributed by atoms with Crippen LogP contribution in [-0.4, -0.2) is 49.2 Å². The summed E-state index contributed by atoms with van der Waals surface area (Å²) < 4.78 is 0. The van der Waals surface area contributed by atoms with E-state index in [4.69, 9.17) is 5.11 Å². The summed E-state index contributed by atoms with van der Waals surface area (Å²) in [5.74, 6) is -0.656. The van der Waals surface area contributed by atoms with Crippen molar-refractivity contribution in [3.05, 3.63) is 12.2 Å². The van der Waals surface area contributed by atoms with Crippen molar-refractivity contribution in [2.45, 2.75) is 122 Å². The molecule has 4 heteroatoms. The molecule has 0 aliphatic carbocycles. The lowest BCUT2D eigenvalue weighted by molar-refractivity contribution is -0.137. The third-order valence-corrected chi connectivity index (χ3v) is 5.99. The molecule has 0 amide bonds. The standard InChI is InChI=1S/C22H42O2.C5H12N2/c1-2-3-4-5-6-7-8-9-10-11-12-13-14-15-16-17-18-19-20-21-22(23)24;1-7-4-2-6-3-5-7/h9-10H,2-8,11-21H2,1H3,(H,23,24);6H,2-5H2,1H3/b10-9-;. The maximum absolute atomic E-state index is 10.4. The number of aliphatic carboxylic acids is 1. The van der Waals surface area contributed by atoms with E-state index < -0.39 is 5.97 Å². The van der Waals surface area contributed by atoms with E-state index in [0.29, 0.717) is 6.42 Å². The first-order chi connectivity index (χ1) is 15.2. The van der Waals surface area contributed by atoms with Gasteiger partial charge in [-0.1, -0.05) is 96.1 Å². The second-order valence-corrected chi connectivity index (χ2v) is 9.20. The van der Waals surface area contributed by atoms with E-state index in [9.17, 15) is 4.79 Å².